The zero-order chi connectivity index (χ0) is 15.6. The molecule has 0 saturated carbocycles. The van der Waals surface area contributed by atoms with Gasteiger partial charge in [0, 0.05) is 17.1 Å². The Bertz CT molecular complexity index is 622. The molecule has 1 aromatic carbocycles. The second-order valence-corrected chi connectivity index (χ2v) is 5.71. The van der Waals surface area contributed by atoms with Gasteiger partial charge in [-0.2, -0.15) is 13.2 Å². The van der Waals surface area contributed by atoms with Crippen LogP contribution in [0.15, 0.2) is 28.9 Å². The molecule has 0 aliphatic heterocycles. The molecule has 0 bridgehead atoms. The Morgan fingerprint density at radius 2 is 2.05 bits per heavy atom. The third kappa shape index (κ3) is 4.04. The molecule has 0 radical (unpaired) electrons. The second kappa shape index (κ2) is 6.15. The van der Waals surface area contributed by atoms with E-state index in [4.69, 9.17) is 0 Å². The largest absolute Gasteiger partial charge is 0.417 e. The molecule has 0 aliphatic carbocycles. The molecule has 0 fully saturated rings. The minimum absolute atomic E-state index is 0.000522. The first-order valence-corrected chi connectivity index (χ1v) is 7.08. The van der Waals surface area contributed by atoms with Gasteiger partial charge in [0.15, 0.2) is 0 Å². The van der Waals surface area contributed by atoms with E-state index in [1.165, 1.54) is 10.7 Å². The summed E-state index contributed by atoms with van der Waals surface area (Å²) in [6.07, 6.45) is -2.81. The van der Waals surface area contributed by atoms with Crippen LogP contribution in [0.4, 0.5) is 13.2 Å². The third-order valence-electron chi connectivity index (χ3n) is 2.75. The summed E-state index contributed by atoms with van der Waals surface area (Å²) in [6.45, 7) is 4.50. The van der Waals surface area contributed by atoms with E-state index in [9.17, 15) is 13.2 Å². The second-order valence-electron chi connectivity index (χ2n) is 4.85. The first kappa shape index (κ1) is 16.0. The molecule has 0 saturated heterocycles. The van der Waals surface area contributed by atoms with Crippen molar-refractivity contribution >= 4 is 15.9 Å². The highest BCUT2D eigenvalue weighted by atomic mass is 79.9. The summed E-state index contributed by atoms with van der Waals surface area (Å²) in [4.78, 5) is 0. The van der Waals surface area contributed by atoms with Gasteiger partial charge in [0.1, 0.15) is 0 Å². The Kier molecular flexibility index (Phi) is 4.67. The van der Waals surface area contributed by atoms with Crippen molar-refractivity contribution in [3.63, 3.8) is 0 Å². The molecule has 0 atom stereocenters. The Balaban J connectivity index is 2.26. The van der Waals surface area contributed by atoms with Gasteiger partial charge in [-0.25, -0.2) is 4.68 Å². The zero-order valence-corrected chi connectivity index (χ0v) is 13.0. The molecule has 2 rings (SSSR count). The summed E-state index contributed by atoms with van der Waals surface area (Å²) in [5.41, 5.74) is 0.242. The minimum atomic E-state index is -4.42. The van der Waals surface area contributed by atoms with Crippen LogP contribution >= 0.6 is 15.9 Å². The fourth-order valence-corrected chi connectivity index (χ4v) is 2.16. The van der Waals surface area contributed by atoms with Gasteiger partial charge >= 0.3 is 6.18 Å². The van der Waals surface area contributed by atoms with Gasteiger partial charge in [0.25, 0.3) is 0 Å². The number of nitrogens with zero attached hydrogens (tertiary/aromatic N) is 3. The van der Waals surface area contributed by atoms with Crippen LogP contribution in [0.5, 0.6) is 0 Å². The molecule has 21 heavy (non-hydrogen) atoms. The van der Waals surface area contributed by atoms with E-state index in [1.54, 1.807) is 12.3 Å². The minimum Gasteiger partial charge on any atom is -0.309 e. The fourth-order valence-electron chi connectivity index (χ4n) is 1.69. The Hall–Kier alpha value is -1.41. The molecular formula is C13H14BrF3N4. The van der Waals surface area contributed by atoms with Crippen LogP contribution in [0.2, 0.25) is 0 Å². The Morgan fingerprint density at radius 3 is 2.67 bits per heavy atom. The van der Waals surface area contributed by atoms with Crippen LogP contribution in [0, 0.1) is 0 Å². The number of alkyl halides is 3. The number of rotatable bonds is 4. The van der Waals surface area contributed by atoms with Crippen LogP contribution in [0.3, 0.4) is 0 Å². The monoisotopic (exact) mass is 362 g/mol. The average molecular weight is 363 g/mol. The molecular weight excluding hydrogens is 349 g/mol. The maximum absolute atomic E-state index is 12.9. The molecule has 1 aromatic heterocycles. The van der Waals surface area contributed by atoms with Crippen LogP contribution in [-0.4, -0.2) is 21.0 Å². The maximum atomic E-state index is 12.9. The number of halogens is 4. The summed E-state index contributed by atoms with van der Waals surface area (Å²) >= 11 is 2.91. The lowest BCUT2D eigenvalue weighted by Gasteiger charge is -2.10. The van der Waals surface area contributed by atoms with Crippen molar-refractivity contribution < 1.29 is 13.2 Å². The number of hydrogen-bond donors (Lipinski definition) is 1. The smallest absolute Gasteiger partial charge is 0.309 e. The molecule has 4 nitrogen and oxygen atoms in total. The van der Waals surface area contributed by atoms with Gasteiger partial charge in [-0.05, 0) is 18.2 Å². The molecule has 8 heteroatoms. The van der Waals surface area contributed by atoms with Crippen molar-refractivity contribution in [1.29, 1.82) is 0 Å². The molecule has 2 aromatic rings. The standard InChI is InChI=1S/C13H14BrF3N4/c1-8(2)18-6-9-7-21(20-19-9)10-3-4-12(14)11(5-10)13(15,16)17/h3-5,7-8,18H,6H2,1-2H3. The number of hydrogen-bond acceptors (Lipinski definition) is 3. The summed E-state index contributed by atoms with van der Waals surface area (Å²) < 4.78 is 40.0. The molecule has 0 aliphatic rings. The molecule has 0 spiro atoms. The molecule has 0 amide bonds. The normalized spacial score (nSPS) is 12.1. The van der Waals surface area contributed by atoms with Crippen LogP contribution in [0.25, 0.3) is 5.69 Å². The van der Waals surface area contributed by atoms with E-state index in [1.807, 2.05) is 13.8 Å². The highest BCUT2D eigenvalue weighted by Gasteiger charge is 2.33. The summed E-state index contributed by atoms with van der Waals surface area (Å²) in [5, 5.41) is 11.0. The summed E-state index contributed by atoms with van der Waals surface area (Å²) in [6, 6.07) is 4.23. The van der Waals surface area contributed by atoms with Crippen molar-refractivity contribution in [2.45, 2.75) is 32.6 Å². The van der Waals surface area contributed by atoms with Crippen LogP contribution in [-0.2, 0) is 12.7 Å². The van der Waals surface area contributed by atoms with Crippen molar-refractivity contribution in [3.8, 4) is 5.69 Å². The van der Waals surface area contributed by atoms with Gasteiger partial charge in [-0.15, -0.1) is 5.10 Å². The number of benzene rings is 1. The first-order chi connectivity index (χ1) is 9.77. The van der Waals surface area contributed by atoms with E-state index < -0.39 is 11.7 Å². The topological polar surface area (TPSA) is 42.7 Å². The lowest BCUT2D eigenvalue weighted by molar-refractivity contribution is -0.138. The number of aromatic nitrogens is 3. The molecule has 1 N–H and O–H groups in total. The third-order valence-corrected chi connectivity index (χ3v) is 3.44. The molecule has 1 heterocycles. The first-order valence-electron chi connectivity index (χ1n) is 6.29. The van der Waals surface area contributed by atoms with Gasteiger partial charge in [-0.3, -0.25) is 0 Å². The average Bonchev–Trinajstić information content (AvgIpc) is 2.84. The van der Waals surface area contributed by atoms with E-state index in [0.717, 1.165) is 6.07 Å². The van der Waals surface area contributed by atoms with Crippen molar-refractivity contribution in [3.05, 3.63) is 40.1 Å². The lowest BCUT2D eigenvalue weighted by Crippen LogP contribution is -2.21. The SMILES string of the molecule is CC(C)NCc1cn(-c2ccc(Br)c(C(F)(F)F)c2)nn1. The highest BCUT2D eigenvalue weighted by Crippen LogP contribution is 2.35. The van der Waals surface area contributed by atoms with E-state index in [2.05, 4.69) is 31.6 Å². The molecule has 0 unspecified atom stereocenters. The maximum Gasteiger partial charge on any atom is 0.417 e. The van der Waals surface area contributed by atoms with Crippen LogP contribution in [0.1, 0.15) is 25.1 Å². The predicted molar refractivity (Wildman–Crippen MR) is 76.0 cm³/mol. The fraction of sp³-hybridized carbons (Fsp3) is 0.385. The Labute approximate surface area is 128 Å². The predicted octanol–water partition coefficient (Wildman–Crippen LogP) is 3.55. The van der Waals surface area contributed by atoms with Crippen molar-refractivity contribution in [2.24, 2.45) is 0 Å². The van der Waals surface area contributed by atoms with E-state index in [0.29, 0.717) is 24.0 Å². The van der Waals surface area contributed by atoms with Gasteiger partial charge in [0.05, 0.1) is 23.1 Å². The van der Waals surface area contributed by atoms with E-state index in [-0.39, 0.29) is 4.47 Å². The van der Waals surface area contributed by atoms with Gasteiger partial charge < -0.3 is 5.32 Å². The quantitative estimate of drug-likeness (QED) is 0.904. The van der Waals surface area contributed by atoms with Crippen molar-refractivity contribution in [2.75, 3.05) is 0 Å². The highest BCUT2D eigenvalue weighted by molar-refractivity contribution is 9.10. The lowest BCUT2D eigenvalue weighted by atomic mass is 10.2. The number of nitrogens with one attached hydrogen (secondary N) is 1. The van der Waals surface area contributed by atoms with Gasteiger partial charge in [0.2, 0.25) is 0 Å². The summed E-state index contributed by atoms with van der Waals surface area (Å²) in [5.74, 6) is 0. The Morgan fingerprint density at radius 1 is 1.33 bits per heavy atom. The van der Waals surface area contributed by atoms with Gasteiger partial charge in [-0.1, -0.05) is 35.0 Å². The summed E-state index contributed by atoms with van der Waals surface area (Å²) in [7, 11) is 0. The van der Waals surface area contributed by atoms with E-state index >= 15 is 0 Å². The zero-order valence-electron chi connectivity index (χ0n) is 11.4. The van der Waals surface area contributed by atoms with Crippen LogP contribution < -0.4 is 5.32 Å². The molecule has 114 valence electrons. The van der Waals surface area contributed by atoms with Crippen molar-refractivity contribution in [1.82, 2.24) is 20.3 Å².